The molecule has 14 rings (SSSR count). The number of nitrogens with one attached hydrogen (secondary N) is 5. The Morgan fingerprint density at radius 1 is 0.336 bits per heavy atom. The molecule has 110 heavy (non-hydrogen) atoms. The van der Waals surface area contributed by atoms with Gasteiger partial charge in [0, 0.05) is 115 Å². The summed E-state index contributed by atoms with van der Waals surface area (Å²) in [6.07, 6.45) is 16.1. The molecule has 5 unspecified atom stereocenters. The van der Waals surface area contributed by atoms with Crippen LogP contribution in [0.15, 0.2) is 268 Å². The minimum Gasteiger partial charge on any atom is -0.505 e. The van der Waals surface area contributed by atoms with Crippen LogP contribution in [-0.4, -0.2) is 62.5 Å². The van der Waals surface area contributed by atoms with Crippen molar-refractivity contribution < 1.29 is 25.5 Å². The van der Waals surface area contributed by atoms with Crippen LogP contribution in [0, 0.1) is 23.2 Å². The van der Waals surface area contributed by atoms with Gasteiger partial charge in [0.05, 0.1) is 24.2 Å². The Bertz CT molecular complexity index is 5180. The van der Waals surface area contributed by atoms with Crippen molar-refractivity contribution >= 4 is 77.4 Å². The van der Waals surface area contributed by atoms with Crippen molar-refractivity contribution in [3.05, 3.63) is 296 Å². The van der Waals surface area contributed by atoms with Crippen LogP contribution in [0.1, 0.15) is 166 Å². The summed E-state index contributed by atoms with van der Waals surface area (Å²) in [6, 6.07) is 75.7. The average molecular weight is 1470 g/mol. The number of hydrogen-bond acceptors (Lipinski definition) is 16. The molecule has 8 aromatic carbocycles. The van der Waals surface area contributed by atoms with E-state index in [4.69, 9.17) is 0 Å². The van der Waals surface area contributed by atoms with E-state index in [0.29, 0.717) is 45.3 Å². The number of pyridine rings is 6. The van der Waals surface area contributed by atoms with Gasteiger partial charge >= 0.3 is 0 Å². The van der Waals surface area contributed by atoms with E-state index in [1.54, 1.807) is 37.2 Å². The maximum absolute atomic E-state index is 10.8. The second-order valence-corrected chi connectivity index (χ2v) is 29.7. The Morgan fingerprint density at radius 2 is 0.673 bits per heavy atom. The molecule has 0 spiro atoms. The molecule has 0 aliphatic heterocycles. The third-order valence-electron chi connectivity index (χ3n) is 19.6. The van der Waals surface area contributed by atoms with E-state index in [9.17, 15) is 25.5 Å². The zero-order valence-electron chi connectivity index (χ0n) is 65.2. The van der Waals surface area contributed by atoms with Crippen LogP contribution in [-0.2, 0) is 0 Å². The molecule has 0 fully saturated rings. The number of fused-ring (bicyclic) bond motifs is 5. The molecule has 16 nitrogen and oxygen atoms in total. The SMILES string of the molecule is CC(C)(C)CC(Nc1ccccc1)c1ccc2cccnc2c1O.CC(C)CC(Nc1ccccc1)c1ccc2cccnc2c1O.CCC(CC)C(Nc1ccccc1)c1ccc2cccnc2c1O.CCCC(Nc1ccccn1)c1ccc2cccnc2c1O.CNC(c1ccc2cccnc2c1O)C(C)C. The van der Waals surface area contributed by atoms with Gasteiger partial charge in [-0.1, -0.05) is 240 Å². The molecular formula is C94H107N11O5. The third kappa shape index (κ3) is 21.3. The Balaban J connectivity index is 0.000000147. The average Bonchev–Trinajstić information content (AvgIpc) is 0.867. The van der Waals surface area contributed by atoms with Crippen molar-refractivity contribution in [3.8, 4) is 28.7 Å². The Morgan fingerprint density at radius 3 is 1.02 bits per heavy atom. The lowest BCUT2D eigenvalue weighted by molar-refractivity contribution is 0.348. The Labute approximate surface area is 648 Å². The first-order chi connectivity index (χ1) is 53.3. The highest BCUT2D eigenvalue weighted by Crippen LogP contribution is 2.43. The number of aromatic hydroxyl groups is 5. The van der Waals surface area contributed by atoms with Gasteiger partial charge in [0.25, 0.3) is 0 Å². The summed E-state index contributed by atoms with van der Waals surface area (Å²) in [4.78, 5) is 25.9. The van der Waals surface area contributed by atoms with E-state index in [-0.39, 0.29) is 64.4 Å². The molecule has 0 amide bonds. The van der Waals surface area contributed by atoms with Crippen molar-refractivity contribution in [1.82, 2.24) is 35.2 Å². The first-order valence-corrected chi connectivity index (χ1v) is 38.4. The van der Waals surface area contributed by atoms with Crippen LogP contribution >= 0.6 is 0 Å². The molecule has 6 aromatic heterocycles. The third-order valence-corrected chi connectivity index (χ3v) is 19.6. The van der Waals surface area contributed by atoms with E-state index in [0.717, 1.165) is 116 Å². The lowest BCUT2D eigenvalue weighted by Gasteiger charge is -2.28. The van der Waals surface area contributed by atoms with E-state index < -0.39 is 0 Å². The molecular weight excluding hydrogens is 1360 g/mol. The molecule has 0 aliphatic carbocycles. The number of rotatable bonds is 23. The van der Waals surface area contributed by atoms with E-state index in [1.807, 2.05) is 225 Å². The van der Waals surface area contributed by atoms with Gasteiger partial charge in [0.1, 0.15) is 62.1 Å². The minimum absolute atomic E-state index is 0.00584. The fourth-order valence-corrected chi connectivity index (χ4v) is 14.1. The molecule has 16 heteroatoms. The van der Waals surface area contributed by atoms with E-state index in [2.05, 4.69) is 138 Å². The summed E-state index contributed by atoms with van der Waals surface area (Å²) in [5.74, 6) is 3.52. The number of para-hydroxylation sites is 3. The monoisotopic (exact) mass is 1470 g/mol. The normalized spacial score (nSPS) is 12.6. The molecule has 6 heterocycles. The highest BCUT2D eigenvalue weighted by Gasteiger charge is 2.27. The number of nitrogens with zero attached hydrogens (tertiary/aromatic N) is 6. The fourth-order valence-electron chi connectivity index (χ4n) is 14.1. The lowest BCUT2D eigenvalue weighted by atomic mass is 9.84. The van der Waals surface area contributed by atoms with Crippen LogP contribution in [0.4, 0.5) is 22.9 Å². The largest absolute Gasteiger partial charge is 0.505 e. The molecule has 5 atom stereocenters. The summed E-state index contributed by atoms with van der Waals surface area (Å²) in [5, 5.41) is 75.4. The minimum atomic E-state index is 0.00584. The predicted molar refractivity (Wildman–Crippen MR) is 455 cm³/mol. The summed E-state index contributed by atoms with van der Waals surface area (Å²) in [5.41, 5.74) is 11.1. The zero-order valence-corrected chi connectivity index (χ0v) is 65.2. The van der Waals surface area contributed by atoms with E-state index >= 15 is 0 Å². The smallest absolute Gasteiger partial charge is 0.147 e. The second-order valence-electron chi connectivity index (χ2n) is 29.7. The molecule has 10 N–H and O–H groups in total. The fraction of sp³-hybridized carbons (Fsp3) is 0.277. The quantitative estimate of drug-likeness (QED) is 0.0286. The molecule has 0 saturated heterocycles. The molecule has 0 bridgehead atoms. The van der Waals surface area contributed by atoms with Gasteiger partial charge in [0.15, 0.2) is 0 Å². The van der Waals surface area contributed by atoms with Gasteiger partial charge in [0.2, 0.25) is 0 Å². The Kier molecular flexibility index (Phi) is 28.8. The van der Waals surface area contributed by atoms with Crippen LogP contribution < -0.4 is 26.6 Å². The Hall–Kier alpha value is -11.9. The van der Waals surface area contributed by atoms with Crippen molar-refractivity contribution in [3.63, 3.8) is 0 Å². The van der Waals surface area contributed by atoms with Crippen molar-refractivity contribution in [2.45, 2.75) is 138 Å². The molecule has 0 aliphatic rings. The number of anilines is 4. The second kappa shape index (κ2) is 39.3. The standard InChI is InChI=1S/2C21H24N2O.C20H22N2O.C18H19N3O.C14H18N2O/c1-21(2,3)14-18(23-16-9-5-4-6-10-16)17-12-11-15-8-7-13-22-19(15)20(17)24;1-3-15(4-2)19(23-17-10-6-5-7-11-17)18-13-12-16-9-8-14-22-20(16)21(18)24;1-14(2)13-18(22-16-8-4-3-5-9-16)17-11-10-15-7-6-12-21-19(15)20(17)23;1-2-6-15(21-16-8-3-4-11-19-16)14-10-9-13-7-5-12-20-17(13)18(14)22;1-9(2)12(15-3)11-7-6-10-5-4-8-16-13(10)14(11)17/h4-13,18,23-24H,14H2,1-3H3;5-15,19,23-24H,3-4H2,1-2H3;3-12,14,18,22-23H,13H2,1-2H3;3-5,7-12,15,22H,2,6H2,1H3,(H,19,21);4-9,12,15,17H,1-3H3. The number of aromatic nitrogens is 6. The van der Waals surface area contributed by atoms with Crippen LogP contribution in [0.25, 0.3) is 54.5 Å². The van der Waals surface area contributed by atoms with Crippen LogP contribution in [0.5, 0.6) is 28.7 Å². The van der Waals surface area contributed by atoms with Crippen molar-refractivity contribution in [2.75, 3.05) is 28.3 Å². The van der Waals surface area contributed by atoms with Gasteiger partial charge in [-0.05, 0) is 128 Å². The van der Waals surface area contributed by atoms with Crippen molar-refractivity contribution in [2.24, 2.45) is 23.2 Å². The van der Waals surface area contributed by atoms with Gasteiger partial charge in [-0.3, -0.25) is 24.9 Å². The van der Waals surface area contributed by atoms with Gasteiger partial charge in [-0.25, -0.2) is 4.98 Å². The lowest BCUT2D eigenvalue weighted by Crippen LogP contribution is -2.21. The molecule has 568 valence electrons. The van der Waals surface area contributed by atoms with Crippen LogP contribution in [0.3, 0.4) is 0 Å². The summed E-state index contributed by atoms with van der Waals surface area (Å²) in [7, 11) is 1.91. The number of hydrogen-bond donors (Lipinski definition) is 10. The van der Waals surface area contributed by atoms with Crippen LogP contribution in [0.2, 0.25) is 0 Å². The maximum Gasteiger partial charge on any atom is 0.147 e. The highest BCUT2D eigenvalue weighted by molar-refractivity contribution is 5.89. The number of benzene rings is 8. The number of phenolic OH excluding ortho intramolecular Hbond substituents is 5. The topological polar surface area (TPSA) is 239 Å². The summed E-state index contributed by atoms with van der Waals surface area (Å²) >= 11 is 0. The molecule has 0 saturated carbocycles. The summed E-state index contributed by atoms with van der Waals surface area (Å²) < 4.78 is 0. The predicted octanol–water partition coefficient (Wildman–Crippen LogP) is 23.3. The first kappa shape index (κ1) is 80.7. The zero-order chi connectivity index (χ0) is 78.1. The first-order valence-electron chi connectivity index (χ1n) is 38.4. The van der Waals surface area contributed by atoms with Gasteiger partial charge in [-0.15, -0.1) is 0 Å². The van der Waals surface area contributed by atoms with Crippen molar-refractivity contribution in [1.29, 1.82) is 0 Å². The molecule has 14 aromatic rings. The maximum atomic E-state index is 10.8. The van der Waals surface area contributed by atoms with E-state index in [1.165, 1.54) is 0 Å². The number of phenols is 5. The summed E-state index contributed by atoms with van der Waals surface area (Å²) in [6.45, 7) is 21.8. The van der Waals surface area contributed by atoms with Gasteiger partial charge in [-0.2, -0.15) is 0 Å². The molecule has 0 radical (unpaired) electrons. The highest BCUT2D eigenvalue weighted by atomic mass is 16.3. The van der Waals surface area contributed by atoms with Gasteiger partial charge < -0.3 is 52.1 Å².